The lowest BCUT2D eigenvalue weighted by Crippen LogP contribution is -2.23. The van der Waals surface area contributed by atoms with Gasteiger partial charge in [0.1, 0.15) is 5.82 Å². The molecule has 0 aliphatic carbocycles. The maximum absolute atomic E-state index is 15.0. The van der Waals surface area contributed by atoms with Gasteiger partial charge in [-0.1, -0.05) is 93.3 Å². The van der Waals surface area contributed by atoms with Gasteiger partial charge in [-0.25, -0.2) is 13.2 Å². The molecule has 1 aliphatic rings. The van der Waals surface area contributed by atoms with Crippen molar-refractivity contribution in [2.24, 2.45) is 0 Å². The Morgan fingerprint density at radius 2 is 1.54 bits per heavy atom. The first kappa shape index (κ1) is 27.2. The Morgan fingerprint density at radius 1 is 0.811 bits per heavy atom. The molecule has 196 valence electrons. The van der Waals surface area contributed by atoms with Crippen molar-refractivity contribution >= 4 is 0 Å². The third kappa shape index (κ3) is 6.73. The highest BCUT2D eigenvalue weighted by Crippen LogP contribution is 2.34. The molecule has 0 saturated carbocycles. The Morgan fingerprint density at radius 3 is 2.22 bits per heavy atom. The van der Waals surface area contributed by atoms with Crippen molar-refractivity contribution in [3.05, 3.63) is 95.3 Å². The molecule has 1 fully saturated rings. The van der Waals surface area contributed by atoms with Gasteiger partial charge in [0.2, 0.25) is 0 Å². The zero-order chi connectivity index (χ0) is 26.2. The van der Waals surface area contributed by atoms with E-state index in [2.05, 4.69) is 6.92 Å². The van der Waals surface area contributed by atoms with Crippen LogP contribution in [0.3, 0.4) is 0 Å². The minimum atomic E-state index is -0.805. The number of allylic oxidation sites excluding steroid dienone is 1. The lowest BCUT2D eigenvalue weighted by molar-refractivity contribution is 0.0319. The first-order chi connectivity index (χ1) is 18.0. The summed E-state index contributed by atoms with van der Waals surface area (Å²) in [4.78, 5) is 0. The molecule has 0 N–H and O–H groups in total. The molecule has 0 amide bonds. The average molecular weight is 507 g/mol. The molecule has 37 heavy (non-hydrogen) atoms. The third-order valence-corrected chi connectivity index (χ3v) is 7.40. The van der Waals surface area contributed by atoms with Crippen LogP contribution in [-0.4, -0.2) is 12.7 Å². The van der Waals surface area contributed by atoms with Gasteiger partial charge in [0, 0.05) is 11.5 Å². The summed E-state index contributed by atoms with van der Waals surface area (Å²) < 4.78 is 50.5. The van der Waals surface area contributed by atoms with Crippen molar-refractivity contribution in [2.75, 3.05) is 6.61 Å². The van der Waals surface area contributed by atoms with E-state index >= 15 is 4.39 Å². The molecule has 0 radical (unpaired) electrons. The lowest BCUT2D eigenvalue weighted by atomic mass is 9.89. The summed E-state index contributed by atoms with van der Waals surface area (Å²) in [6.45, 7) is 4.64. The smallest absolute Gasteiger partial charge is 0.166 e. The molecule has 4 heteroatoms. The van der Waals surface area contributed by atoms with Crippen LogP contribution >= 0.6 is 0 Å². The van der Waals surface area contributed by atoms with Gasteiger partial charge in [-0.05, 0) is 66.5 Å². The highest BCUT2D eigenvalue weighted by Gasteiger charge is 2.24. The van der Waals surface area contributed by atoms with Gasteiger partial charge in [0.15, 0.2) is 11.6 Å². The number of hydrogen-bond donors (Lipinski definition) is 0. The lowest BCUT2D eigenvalue weighted by Gasteiger charge is -2.28. The normalized spacial score (nSPS) is 18.0. The molecule has 0 bridgehead atoms. The quantitative estimate of drug-likeness (QED) is 0.196. The molecular formula is C33H37F3O. The number of aryl methyl sites for hydroxylation is 1. The summed E-state index contributed by atoms with van der Waals surface area (Å²) in [5, 5.41) is 0. The molecule has 3 aromatic carbocycles. The van der Waals surface area contributed by atoms with Crippen molar-refractivity contribution in [2.45, 2.75) is 77.2 Å². The van der Waals surface area contributed by atoms with E-state index in [1.54, 1.807) is 30.3 Å². The number of unbranched alkanes of at least 4 members (excludes halogenated alkanes) is 4. The maximum atomic E-state index is 15.0. The number of benzene rings is 3. The first-order valence-electron chi connectivity index (χ1n) is 13.6. The van der Waals surface area contributed by atoms with Crippen molar-refractivity contribution in [1.82, 2.24) is 0 Å². The first-order valence-corrected chi connectivity index (χ1v) is 13.6. The van der Waals surface area contributed by atoms with E-state index < -0.39 is 11.6 Å². The second kappa shape index (κ2) is 13.1. The summed E-state index contributed by atoms with van der Waals surface area (Å²) >= 11 is 0. The zero-order valence-electron chi connectivity index (χ0n) is 21.9. The highest BCUT2D eigenvalue weighted by molar-refractivity contribution is 5.71. The fourth-order valence-electron chi connectivity index (χ4n) is 5.19. The molecule has 1 aliphatic heterocycles. The molecule has 1 saturated heterocycles. The van der Waals surface area contributed by atoms with E-state index in [-0.39, 0.29) is 23.4 Å². The van der Waals surface area contributed by atoms with Crippen LogP contribution in [0.15, 0.2) is 66.7 Å². The van der Waals surface area contributed by atoms with Crippen LogP contribution < -0.4 is 0 Å². The van der Waals surface area contributed by atoms with Crippen molar-refractivity contribution < 1.29 is 17.9 Å². The second-order valence-corrected chi connectivity index (χ2v) is 10.0. The standard InChI is InChI=1S/C33H37F3O/c1-3-5-6-7-8-10-25-16-20-30(33(36)32(25)35)24-13-11-23(12-14-24)26-17-19-29(31(34)21-26)27-15-18-28(9-4-2)37-22-27/h4,9,11-14,16-17,19-21,27-28H,3,5-8,10,15,18,22H2,1-2H3/b9-4+. The van der Waals surface area contributed by atoms with E-state index in [1.165, 1.54) is 6.42 Å². The van der Waals surface area contributed by atoms with Crippen LogP contribution in [0.2, 0.25) is 0 Å². The minimum absolute atomic E-state index is 0.0510. The predicted molar refractivity (Wildman–Crippen MR) is 146 cm³/mol. The molecular weight excluding hydrogens is 469 g/mol. The van der Waals surface area contributed by atoms with Gasteiger partial charge in [-0.3, -0.25) is 0 Å². The second-order valence-electron chi connectivity index (χ2n) is 10.0. The SMILES string of the molecule is C/C=C/C1CCC(c2ccc(-c3ccc(-c4ccc(CCCCCCC)c(F)c4F)cc3)cc2F)CO1. The molecule has 2 atom stereocenters. The van der Waals surface area contributed by atoms with Crippen molar-refractivity contribution in [1.29, 1.82) is 0 Å². The van der Waals surface area contributed by atoms with Gasteiger partial charge >= 0.3 is 0 Å². The van der Waals surface area contributed by atoms with Crippen LogP contribution in [0.5, 0.6) is 0 Å². The number of ether oxygens (including phenoxy) is 1. The third-order valence-electron chi connectivity index (χ3n) is 7.40. The summed E-state index contributed by atoms with van der Waals surface area (Å²) in [5.74, 6) is -1.74. The fraction of sp³-hybridized carbons (Fsp3) is 0.394. The molecule has 2 unspecified atom stereocenters. The van der Waals surface area contributed by atoms with Crippen LogP contribution in [-0.2, 0) is 11.2 Å². The number of rotatable bonds is 10. The summed E-state index contributed by atoms with van der Waals surface area (Å²) in [5.41, 5.74) is 3.54. The molecule has 0 spiro atoms. The predicted octanol–water partition coefficient (Wildman–Crippen LogP) is 9.79. The van der Waals surface area contributed by atoms with Crippen molar-refractivity contribution in [3.63, 3.8) is 0 Å². The Hall–Kier alpha value is -2.85. The van der Waals surface area contributed by atoms with Gasteiger partial charge in [-0.15, -0.1) is 0 Å². The van der Waals surface area contributed by atoms with Crippen LogP contribution in [0.4, 0.5) is 13.2 Å². The Labute approximate surface area is 219 Å². The number of halogens is 3. The average Bonchev–Trinajstić information content (AvgIpc) is 2.92. The highest BCUT2D eigenvalue weighted by atomic mass is 19.2. The summed E-state index contributed by atoms with van der Waals surface area (Å²) in [6.07, 6.45) is 11.8. The Kier molecular flexibility index (Phi) is 9.62. The Bertz CT molecular complexity index is 1190. The molecule has 1 heterocycles. The summed E-state index contributed by atoms with van der Waals surface area (Å²) in [7, 11) is 0. The largest absolute Gasteiger partial charge is 0.374 e. The zero-order valence-corrected chi connectivity index (χ0v) is 21.9. The Balaban J connectivity index is 1.44. The molecule has 4 rings (SSSR count). The minimum Gasteiger partial charge on any atom is -0.374 e. The van der Waals surface area contributed by atoms with Crippen LogP contribution in [0.25, 0.3) is 22.3 Å². The van der Waals surface area contributed by atoms with Gasteiger partial charge < -0.3 is 4.74 Å². The van der Waals surface area contributed by atoms with Crippen LogP contribution in [0.1, 0.15) is 75.8 Å². The van der Waals surface area contributed by atoms with E-state index in [0.717, 1.165) is 49.7 Å². The fourth-order valence-corrected chi connectivity index (χ4v) is 5.19. The molecule has 0 aromatic heterocycles. The molecule has 1 nitrogen and oxygen atoms in total. The molecule has 3 aromatic rings. The van der Waals surface area contributed by atoms with E-state index in [9.17, 15) is 8.78 Å². The van der Waals surface area contributed by atoms with Crippen molar-refractivity contribution in [3.8, 4) is 22.3 Å². The van der Waals surface area contributed by atoms with E-state index in [0.29, 0.717) is 29.7 Å². The monoisotopic (exact) mass is 506 g/mol. The van der Waals surface area contributed by atoms with Gasteiger partial charge in [0.05, 0.1) is 12.7 Å². The van der Waals surface area contributed by atoms with Crippen LogP contribution in [0, 0.1) is 17.5 Å². The topological polar surface area (TPSA) is 9.23 Å². The maximum Gasteiger partial charge on any atom is 0.166 e. The van der Waals surface area contributed by atoms with E-state index in [1.807, 2.05) is 43.3 Å². The summed E-state index contributed by atoms with van der Waals surface area (Å²) in [6, 6.07) is 15.9. The number of hydrogen-bond acceptors (Lipinski definition) is 1. The van der Waals surface area contributed by atoms with Gasteiger partial charge in [-0.2, -0.15) is 0 Å². The van der Waals surface area contributed by atoms with E-state index in [4.69, 9.17) is 4.74 Å². The van der Waals surface area contributed by atoms with Gasteiger partial charge in [0.25, 0.3) is 0 Å².